The van der Waals surface area contributed by atoms with Crippen molar-refractivity contribution in [3.8, 4) is 11.5 Å². The molecule has 122 valence electrons. The molecule has 0 radical (unpaired) electrons. The summed E-state index contributed by atoms with van der Waals surface area (Å²) in [6, 6.07) is 7.02. The first kappa shape index (κ1) is 14.5. The Morgan fingerprint density at radius 3 is 2.83 bits per heavy atom. The number of rotatable bonds is 2. The van der Waals surface area contributed by atoms with Gasteiger partial charge in [0, 0.05) is 18.0 Å². The highest BCUT2D eigenvalue weighted by molar-refractivity contribution is 6.05. The fourth-order valence-electron chi connectivity index (χ4n) is 2.76. The number of anilines is 1. The lowest BCUT2D eigenvalue weighted by atomic mass is 10.1. The van der Waals surface area contributed by atoms with Gasteiger partial charge in [-0.1, -0.05) is 0 Å². The van der Waals surface area contributed by atoms with Crippen LogP contribution in [0.5, 0.6) is 11.5 Å². The Bertz CT molecular complexity index is 948. The van der Waals surface area contributed by atoms with Crippen molar-refractivity contribution < 1.29 is 14.3 Å². The van der Waals surface area contributed by atoms with Crippen molar-refractivity contribution in [2.45, 2.75) is 6.92 Å². The van der Waals surface area contributed by atoms with Crippen LogP contribution in [0.25, 0.3) is 11.0 Å². The van der Waals surface area contributed by atoms with Crippen LogP contribution in [-0.4, -0.2) is 33.9 Å². The Hall–Kier alpha value is -3.09. The largest absolute Gasteiger partial charge is 0.486 e. The summed E-state index contributed by atoms with van der Waals surface area (Å²) >= 11 is 0. The molecule has 1 aliphatic rings. The van der Waals surface area contributed by atoms with Crippen LogP contribution in [0.2, 0.25) is 0 Å². The van der Waals surface area contributed by atoms with E-state index in [-0.39, 0.29) is 5.91 Å². The number of pyridine rings is 1. The van der Waals surface area contributed by atoms with E-state index in [2.05, 4.69) is 15.4 Å². The predicted octanol–water partition coefficient (Wildman–Crippen LogP) is 2.30. The maximum atomic E-state index is 12.5. The van der Waals surface area contributed by atoms with Gasteiger partial charge in [-0.15, -0.1) is 0 Å². The smallest absolute Gasteiger partial charge is 0.255 e. The Morgan fingerprint density at radius 2 is 2.00 bits per heavy atom. The van der Waals surface area contributed by atoms with Gasteiger partial charge in [-0.25, -0.2) is 4.98 Å². The number of benzene rings is 1. The number of ether oxygens (including phenoxy) is 2. The van der Waals surface area contributed by atoms with Crippen LogP contribution < -0.4 is 14.8 Å². The summed E-state index contributed by atoms with van der Waals surface area (Å²) in [7, 11) is 1.84. The molecule has 1 aliphatic heterocycles. The van der Waals surface area contributed by atoms with E-state index < -0.39 is 0 Å². The molecule has 7 heteroatoms. The van der Waals surface area contributed by atoms with Gasteiger partial charge in [-0.3, -0.25) is 9.48 Å². The highest BCUT2D eigenvalue weighted by atomic mass is 16.6. The molecule has 0 aliphatic carbocycles. The summed E-state index contributed by atoms with van der Waals surface area (Å²) in [4.78, 5) is 16.8. The van der Waals surface area contributed by atoms with Crippen molar-refractivity contribution in [2.75, 3.05) is 18.5 Å². The zero-order valence-electron chi connectivity index (χ0n) is 13.4. The molecule has 3 heterocycles. The molecule has 0 saturated carbocycles. The minimum absolute atomic E-state index is 0.227. The minimum Gasteiger partial charge on any atom is -0.486 e. The summed E-state index contributed by atoms with van der Waals surface area (Å²) in [6.45, 7) is 2.92. The summed E-state index contributed by atoms with van der Waals surface area (Å²) < 4.78 is 12.7. The number of aromatic nitrogens is 3. The van der Waals surface area contributed by atoms with E-state index in [0.29, 0.717) is 36.0 Å². The van der Waals surface area contributed by atoms with Gasteiger partial charge in [-0.2, -0.15) is 5.10 Å². The molecule has 7 nitrogen and oxygen atoms in total. The molecule has 0 fully saturated rings. The highest BCUT2D eigenvalue weighted by Gasteiger charge is 2.15. The van der Waals surface area contributed by atoms with Gasteiger partial charge in [0.05, 0.1) is 17.6 Å². The molecule has 4 rings (SSSR count). The molecular formula is C17H16N4O3. The van der Waals surface area contributed by atoms with E-state index in [0.717, 1.165) is 16.7 Å². The number of carbonyl (C=O) groups is 1. The van der Waals surface area contributed by atoms with Crippen LogP contribution in [0, 0.1) is 6.92 Å². The molecule has 0 bridgehead atoms. The van der Waals surface area contributed by atoms with E-state index >= 15 is 0 Å². The molecular weight excluding hydrogens is 308 g/mol. The highest BCUT2D eigenvalue weighted by Crippen LogP contribution is 2.31. The lowest BCUT2D eigenvalue weighted by Gasteiger charge is -2.18. The van der Waals surface area contributed by atoms with Gasteiger partial charge in [0.2, 0.25) is 0 Å². The second kappa shape index (κ2) is 5.52. The molecule has 0 spiro atoms. The van der Waals surface area contributed by atoms with Crippen molar-refractivity contribution in [1.82, 2.24) is 14.8 Å². The van der Waals surface area contributed by atoms with Gasteiger partial charge in [0.15, 0.2) is 17.1 Å². The number of hydrogen-bond donors (Lipinski definition) is 1. The van der Waals surface area contributed by atoms with Crippen LogP contribution in [0.15, 0.2) is 30.5 Å². The minimum atomic E-state index is -0.227. The first-order chi connectivity index (χ1) is 11.6. The van der Waals surface area contributed by atoms with Gasteiger partial charge in [0.1, 0.15) is 13.2 Å². The number of nitrogens with one attached hydrogen (secondary N) is 1. The van der Waals surface area contributed by atoms with Gasteiger partial charge in [-0.05, 0) is 31.2 Å². The van der Waals surface area contributed by atoms with Crippen LogP contribution in [0.4, 0.5) is 5.69 Å². The number of fused-ring (bicyclic) bond motifs is 2. The van der Waals surface area contributed by atoms with E-state index in [4.69, 9.17) is 9.47 Å². The predicted molar refractivity (Wildman–Crippen MR) is 88.6 cm³/mol. The maximum absolute atomic E-state index is 12.5. The van der Waals surface area contributed by atoms with Crippen molar-refractivity contribution in [2.24, 2.45) is 7.05 Å². The average Bonchev–Trinajstić information content (AvgIpc) is 2.88. The number of nitrogens with zero attached hydrogens (tertiary/aromatic N) is 3. The zero-order chi connectivity index (χ0) is 16.7. The molecule has 0 atom stereocenters. The molecule has 24 heavy (non-hydrogen) atoms. The molecule has 0 unspecified atom stereocenters. The third-order valence-electron chi connectivity index (χ3n) is 3.93. The number of hydrogen-bond acceptors (Lipinski definition) is 5. The molecule has 2 aromatic heterocycles. The Balaban J connectivity index is 1.61. The SMILES string of the molecule is Cc1nn(C)c2ncc(NC(=O)c3ccc4c(c3)OCCO4)cc12. The van der Waals surface area contributed by atoms with Gasteiger partial charge in [0.25, 0.3) is 5.91 Å². The number of aryl methyl sites for hydroxylation is 2. The second-order valence-corrected chi connectivity index (χ2v) is 5.62. The monoisotopic (exact) mass is 324 g/mol. The second-order valence-electron chi connectivity index (χ2n) is 5.62. The van der Waals surface area contributed by atoms with Crippen LogP contribution in [0.3, 0.4) is 0 Å². The Kier molecular flexibility index (Phi) is 3.34. The first-order valence-electron chi connectivity index (χ1n) is 7.62. The van der Waals surface area contributed by atoms with E-state index in [1.54, 1.807) is 29.1 Å². The van der Waals surface area contributed by atoms with Gasteiger partial charge < -0.3 is 14.8 Å². The van der Waals surface area contributed by atoms with E-state index in [1.807, 2.05) is 20.0 Å². The fourth-order valence-corrected chi connectivity index (χ4v) is 2.76. The maximum Gasteiger partial charge on any atom is 0.255 e. The molecule has 1 amide bonds. The first-order valence-corrected chi connectivity index (χ1v) is 7.62. The zero-order valence-corrected chi connectivity index (χ0v) is 13.4. The topological polar surface area (TPSA) is 78.3 Å². The third kappa shape index (κ3) is 2.44. The third-order valence-corrected chi connectivity index (χ3v) is 3.93. The van der Waals surface area contributed by atoms with Crippen molar-refractivity contribution in [3.63, 3.8) is 0 Å². The molecule has 1 aromatic carbocycles. The Morgan fingerprint density at radius 1 is 1.21 bits per heavy atom. The summed E-state index contributed by atoms with van der Waals surface area (Å²) in [5.41, 5.74) is 2.78. The summed E-state index contributed by atoms with van der Waals surface area (Å²) in [6.07, 6.45) is 1.62. The van der Waals surface area contributed by atoms with Crippen LogP contribution in [-0.2, 0) is 7.05 Å². The fraction of sp³-hybridized carbons (Fsp3) is 0.235. The van der Waals surface area contributed by atoms with Crippen LogP contribution >= 0.6 is 0 Å². The van der Waals surface area contributed by atoms with E-state index in [1.165, 1.54) is 0 Å². The van der Waals surface area contributed by atoms with Crippen molar-refractivity contribution in [1.29, 1.82) is 0 Å². The lowest BCUT2D eigenvalue weighted by Crippen LogP contribution is -2.17. The molecule has 3 aromatic rings. The number of amides is 1. The van der Waals surface area contributed by atoms with Gasteiger partial charge >= 0.3 is 0 Å². The van der Waals surface area contributed by atoms with Crippen LogP contribution in [0.1, 0.15) is 16.1 Å². The average molecular weight is 324 g/mol. The van der Waals surface area contributed by atoms with Crippen molar-refractivity contribution >= 4 is 22.6 Å². The molecule has 0 saturated heterocycles. The van der Waals surface area contributed by atoms with E-state index in [9.17, 15) is 4.79 Å². The summed E-state index contributed by atoms with van der Waals surface area (Å²) in [5, 5.41) is 8.10. The number of carbonyl (C=O) groups excluding carboxylic acids is 1. The van der Waals surface area contributed by atoms with Crippen molar-refractivity contribution in [3.05, 3.63) is 41.7 Å². The normalized spacial score (nSPS) is 13.1. The standard InChI is InChI=1S/C17H16N4O3/c1-10-13-8-12(9-18-16(13)21(2)20-10)19-17(22)11-3-4-14-15(7-11)24-6-5-23-14/h3-4,7-9H,5-6H2,1-2H3,(H,19,22). The lowest BCUT2D eigenvalue weighted by molar-refractivity contribution is 0.102. The molecule has 1 N–H and O–H groups in total. The Labute approximate surface area is 138 Å². The quantitative estimate of drug-likeness (QED) is 0.782. The summed E-state index contributed by atoms with van der Waals surface area (Å²) in [5.74, 6) is 1.02.